The van der Waals surface area contributed by atoms with E-state index >= 15 is 0 Å². The van der Waals surface area contributed by atoms with E-state index in [2.05, 4.69) is 0 Å². The number of ketones is 1. The molecule has 1 saturated heterocycles. The maximum Gasteiger partial charge on any atom is 0.254 e. The van der Waals surface area contributed by atoms with Crippen LogP contribution in [0, 0.1) is 23.4 Å². The molecule has 0 spiro atoms. The number of halogens is 3. The molecule has 1 aromatic carbocycles. The number of hydrogen-bond donors (Lipinski definition) is 0. The van der Waals surface area contributed by atoms with Gasteiger partial charge in [-0.1, -0.05) is 6.92 Å². The van der Waals surface area contributed by atoms with E-state index in [9.17, 15) is 22.8 Å². The Balaban J connectivity index is 2.23. The minimum Gasteiger partial charge on any atom is -0.337 e. The highest BCUT2D eigenvalue weighted by atomic mass is 19.2. The van der Waals surface area contributed by atoms with E-state index in [1.165, 1.54) is 4.90 Å². The third-order valence-corrected chi connectivity index (χ3v) is 3.19. The molecule has 2 rings (SSSR count). The third-order valence-electron chi connectivity index (χ3n) is 3.19. The van der Waals surface area contributed by atoms with Crippen LogP contribution in [-0.4, -0.2) is 29.7 Å². The standard InChI is InChI=1S/C13H12F3NO2/c1-7-6-17(3-2-11(7)18)13(19)8-4-9(14)12(16)10(15)5-8/h4-5,7H,2-3,6H2,1H3. The van der Waals surface area contributed by atoms with Crippen LogP contribution in [0.2, 0.25) is 0 Å². The highest BCUT2D eigenvalue weighted by molar-refractivity contribution is 5.95. The molecule has 0 N–H and O–H groups in total. The monoisotopic (exact) mass is 271 g/mol. The molecule has 0 radical (unpaired) electrons. The van der Waals surface area contributed by atoms with E-state index in [1.54, 1.807) is 6.92 Å². The SMILES string of the molecule is CC1CN(C(=O)c2cc(F)c(F)c(F)c2)CCC1=O. The van der Waals surface area contributed by atoms with Crippen LogP contribution in [-0.2, 0) is 4.79 Å². The maximum absolute atomic E-state index is 13.1. The summed E-state index contributed by atoms with van der Waals surface area (Å²) in [7, 11) is 0. The molecule has 0 saturated carbocycles. The van der Waals surface area contributed by atoms with E-state index < -0.39 is 23.4 Å². The van der Waals surface area contributed by atoms with E-state index in [0.717, 1.165) is 0 Å². The topological polar surface area (TPSA) is 37.4 Å². The molecule has 6 heteroatoms. The van der Waals surface area contributed by atoms with Crippen LogP contribution in [0.25, 0.3) is 0 Å². The highest BCUT2D eigenvalue weighted by Crippen LogP contribution is 2.18. The van der Waals surface area contributed by atoms with E-state index in [4.69, 9.17) is 0 Å². The third kappa shape index (κ3) is 2.62. The first-order chi connectivity index (χ1) is 8.90. The van der Waals surface area contributed by atoms with Crippen molar-refractivity contribution >= 4 is 11.7 Å². The molecule has 3 nitrogen and oxygen atoms in total. The van der Waals surface area contributed by atoms with Gasteiger partial charge in [-0.05, 0) is 12.1 Å². The first kappa shape index (κ1) is 13.6. The van der Waals surface area contributed by atoms with Gasteiger partial charge in [0.15, 0.2) is 17.5 Å². The molecule has 19 heavy (non-hydrogen) atoms. The van der Waals surface area contributed by atoms with Gasteiger partial charge in [0.05, 0.1) is 0 Å². The molecule has 1 aliphatic heterocycles. The number of nitrogens with zero attached hydrogens (tertiary/aromatic N) is 1. The highest BCUT2D eigenvalue weighted by Gasteiger charge is 2.28. The van der Waals surface area contributed by atoms with E-state index in [1.807, 2.05) is 0 Å². The Morgan fingerprint density at radius 1 is 1.26 bits per heavy atom. The fourth-order valence-electron chi connectivity index (χ4n) is 2.06. The van der Waals surface area contributed by atoms with Gasteiger partial charge < -0.3 is 4.90 Å². The van der Waals surface area contributed by atoms with Crippen LogP contribution in [0.1, 0.15) is 23.7 Å². The molecule has 102 valence electrons. The molecule has 1 aliphatic rings. The first-order valence-electron chi connectivity index (χ1n) is 5.86. The van der Waals surface area contributed by atoms with Crippen molar-refractivity contribution in [2.45, 2.75) is 13.3 Å². The lowest BCUT2D eigenvalue weighted by atomic mass is 9.98. The summed E-state index contributed by atoms with van der Waals surface area (Å²) in [6, 6.07) is 1.34. The summed E-state index contributed by atoms with van der Waals surface area (Å²) < 4.78 is 38.9. The second-order valence-corrected chi connectivity index (χ2v) is 4.62. The molecule has 1 heterocycles. The largest absolute Gasteiger partial charge is 0.337 e. The Morgan fingerprint density at radius 2 is 1.84 bits per heavy atom. The van der Waals surface area contributed by atoms with Crippen LogP contribution >= 0.6 is 0 Å². The predicted octanol–water partition coefficient (Wildman–Crippen LogP) is 2.16. The molecule has 1 aromatic rings. The summed E-state index contributed by atoms with van der Waals surface area (Å²) in [6.45, 7) is 2.11. The van der Waals surface area contributed by atoms with Crippen molar-refractivity contribution in [3.05, 3.63) is 35.1 Å². The summed E-state index contributed by atoms with van der Waals surface area (Å²) in [5.41, 5.74) is -0.252. The lowest BCUT2D eigenvalue weighted by molar-refractivity contribution is -0.124. The van der Waals surface area contributed by atoms with Crippen LogP contribution in [0.15, 0.2) is 12.1 Å². The zero-order valence-corrected chi connectivity index (χ0v) is 10.3. The van der Waals surface area contributed by atoms with E-state index in [-0.39, 0.29) is 36.8 Å². The average molecular weight is 271 g/mol. The molecule has 0 bridgehead atoms. The van der Waals surface area contributed by atoms with Crippen molar-refractivity contribution in [1.82, 2.24) is 4.90 Å². The van der Waals surface area contributed by atoms with Gasteiger partial charge in [0, 0.05) is 31.0 Å². The zero-order chi connectivity index (χ0) is 14.2. The predicted molar refractivity (Wildman–Crippen MR) is 61.0 cm³/mol. The Hall–Kier alpha value is -1.85. The Morgan fingerprint density at radius 3 is 2.37 bits per heavy atom. The number of benzene rings is 1. The Bertz CT molecular complexity index is 522. The summed E-state index contributed by atoms with van der Waals surface area (Å²) in [5.74, 6) is -5.24. The summed E-state index contributed by atoms with van der Waals surface area (Å²) in [5, 5.41) is 0. The molecule has 0 aliphatic carbocycles. The van der Waals surface area contributed by atoms with E-state index in [0.29, 0.717) is 12.1 Å². The Kier molecular flexibility index (Phi) is 3.59. The first-order valence-corrected chi connectivity index (χ1v) is 5.86. The number of rotatable bonds is 1. The number of carbonyl (C=O) groups is 2. The summed E-state index contributed by atoms with van der Waals surface area (Å²) >= 11 is 0. The van der Waals surface area contributed by atoms with Gasteiger partial charge in [-0.2, -0.15) is 0 Å². The van der Waals surface area contributed by atoms with Crippen LogP contribution in [0.5, 0.6) is 0 Å². The number of piperidine rings is 1. The van der Waals surface area contributed by atoms with Gasteiger partial charge in [-0.3, -0.25) is 9.59 Å². The Labute approximate surface area is 108 Å². The second kappa shape index (κ2) is 5.03. The lowest BCUT2D eigenvalue weighted by Gasteiger charge is -2.30. The fraction of sp³-hybridized carbons (Fsp3) is 0.385. The van der Waals surface area contributed by atoms with Gasteiger partial charge >= 0.3 is 0 Å². The van der Waals surface area contributed by atoms with Crippen molar-refractivity contribution in [1.29, 1.82) is 0 Å². The quantitative estimate of drug-likeness (QED) is 0.734. The van der Waals surface area contributed by atoms with Crippen LogP contribution in [0.4, 0.5) is 13.2 Å². The average Bonchev–Trinajstić information content (AvgIpc) is 2.37. The number of likely N-dealkylation sites (tertiary alicyclic amines) is 1. The van der Waals surface area contributed by atoms with Crippen molar-refractivity contribution in [3.63, 3.8) is 0 Å². The van der Waals surface area contributed by atoms with Gasteiger partial charge in [0.2, 0.25) is 0 Å². The minimum absolute atomic E-state index is 0.0560. The normalized spacial score (nSPS) is 19.7. The van der Waals surface area contributed by atoms with Crippen molar-refractivity contribution in [2.24, 2.45) is 5.92 Å². The van der Waals surface area contributed by atoms with Gasteiger partial charge in [-0.25, -0.2) is 13.2 Å². The summed E-state index contributed by atoms with van der Waals surface area (Å²) in [6.07, 6.45) is 0.221. The number of carbonyl (C=O) groups excluding carboxylic acids is 2. The van der Waals surface area contributed by atoms with Crippen molar-refractivity contribution in [2.75, 3.05) is 13.1 Å². The van der Waals surface area contributed by atoms with Gasteiger partial charge in [0.25, 0.3) is 5.91 Å². The minimum atomic E-state index is -1.60. The zero-order valence-electron chi connectivity index (χ0n) is 10.3. The number of Topliss-reactive ketones (excluding diaryl/α,β-unsaturated/α-hetero) is 1. The smallest absolute Gasteiger partial charge is 0.254 e. The molecule has 1 atom stereocenters. The summed E-state index contributed by atoms with van der Waals surface area (Å²) in [4.78, 5) is 24.7. The van der Waals surface area contributed by atoms with Crippen LogP contribution < -0.4 is 0 Å². The maximum atomic E-state index is 13.1. The molecule has 1 unspecified atom stereocenters. The molecular formula is C13H12F3NO2. The van der Waals surface area contributed by atoms with Crippen molar-refractivity contribution < 1.29 is 22.8 Å². The van der Waals surface area contributed by atoms with Crippen molar-refractivity contribution in [3.8, 4) is 0 Å². The van der Waals surface area contributed by atoms with Gasteiger partial charge in [-0.15, -0.1) is 0 Å². The second-order valence-electron chi connectivity index (χ2n) is 4.62. The molecule has 1 fully saturated rings. The molecule has 0 aromatic heterocycles. The number of amides is 1. The molecule has 1 amide bonds. The lowest BCUT2D eigenvalue weighted by Crippen LogP contribution is -2.43. The van der Waals surface area contributed by atoms with Gasteiger partial charge in [0.1, 0.15) is 5.78 Å². The van der Waals surface area contributed by atoms with Crippen LogP contribution in [0.3, 0.4) is 0 Å². The molecular weight excluding hydrogens is 259 g/mol. The number of hydrogen-bond acceptors (Lipinski definition) is 2. The fourth-order valence-corrected chi connectivity index (χ4v) is 2.06.